The topological polar surface area (TPSA) is 28.2 Å². The van der Waals surface area contributed by atoms with Crippen LogP contribution in [-0.2, 0) is 6.42 Å². The highest BCUT2D eigenvalue weighted by atomic mass is 32.1. The third-order valence-electron chi connectivity index (χ3n) is 3.53. The molecule has 0 bridgehead atoms. The molecule has 3 nitrogen and oxygen atoms in total. The number of aromatic nitrogens is 1. The van der Waals surface area contributed by atoms with E-state index in [1.807, 2.05) is 5.51 Å². The quantitative estimate of drug-likeness (QED) is 0.865. The van der Waals surface area contributed by atoms with Crippen LogP contribution in [0.1, 0.15) is 19.0 Å². The Balaban J connectivity index is 1.75. The third-order valence-corrected chi connectivity index (χ3v) is 4.16. The summed E-state index contributed by atoms with van der Waals surface area (Å²) in [7, 11) is 2.08. The molecule has 1 N–H and O–H groups in total. The lowest BCUT2D eigenvalue weighted by Gasteiger charge is -2.36. The van der Waals surface area contributed by atoms with Crippen molar-refractivity contribution in [1.82, 2.24) is 15.2 Å². The normalized spacial score (nSPS) is 27.1. The number of hydrogen-bond acceptors (Lipinski definition) is 4. The van der Waals surface area contributed by atoms with Gasteiger partial charge in [0.05, 0.1) is 11.2 Å². The second-order valence-corrected chi connectivity index (χ2v) is 5.41. The number of thiazole rings is 1. The molecule has 0 spiro atoms. The average molecular weight is 239 g/mol. The Kier molecular flexibility index (Phi) is 4.32. The fourth-order valence-corrected chi connectivity index (χ4v) is 3.09. The van der Waals surface area contributed by atoms with Gasteiger partial charge in [-0.3, -0.25) is 0 Å². The molecule has 90 valence electrons. The molecular weight excluding hydrogens is 218 g/mol. The van der Waals surface area contributed by atoms with E-state index in [2.05, 4.69) is 34.6 Å². The van der Waals surface area contributed by atoms with Crippen molar-refractivity contribution in [3.8, 4) is 0 Å². The molecule has 2 heterocycles. The third kappa shape index (κ3) is 3.03. The second kappa shape index (κ2) is 5.75. The molecule has 0 amide bonds. The highest BCUT2D eigenvalue weighted by molar-refractivity contribution is 7.07. The molecular formula is C12H21N3S. The van der Waals surface area contributed by atoms with E-state index in [0.717, 1.165) is 18.9 Å². The van der Waals surface area contributed by atoms with Crippen LogP contribution in [0.4, 0.5) is 0 Å². The van der Waals surface area contributed by atoms with E-state index in [4.69, 9.17) is 0 Å². The van der Waals surface area contributed by atoms with E-state index in [1.54, 1.807) is 11.3 Å². The van der Waals surface area contributed by atoms with Gasteiger partial charge in [-0.2, -0.15) is 0 Å². The van der Waals surface area contributed by atoms with E-state index < -0.39 is 0 Å². The van der Waals surface area contributed by atoms with Crippen molar-refractivity contribution >= 4 is 11.3 Å². The molecule has 1 aromatic heterocycles. The van der Waals surface area contributed by atoms with Crippen molar-refractivity contribution in [2.75, 3.05) is 26.7 Å². The van der Waals surface area contributed by atoms with Crippen LogP contribution in [0, 0.1) is 5.92 Å². The van der Waals surface area contributed by atoms with Gasteiger partial charge in [-0.1, -0.05) is 6.92 Å². The van der Waals surface area contributed by atoms with Crippen molar-refractivity contribution in [3.63, 3.8) is 0 Å². The summed E-state index contributed by atoms with van der Waals surface area (Å²) in [5.74, 6) is 0.759. The number of rotatable bonds is 4. The van der Waals surface area contributed by atoms with Crippen molar-refractivity contribution in [2.24, 2.45) is 5.92 Å². The molecule has 0 saturated carbocycles. The van der Waals surface area contributed by atoms with Crippen molar-refractivity contribution in [2.45, 2.75) is 25.8 Å². The standard InChI is InChI=1S/C12H21N3S/c1-10-7-15(6-4-12(10)13-2)5-3-11-8-16-9-14-11/h8-10,12-13H,3-7H2,1-2H3. The lowest BCUT2D eigenvalue weighted by atomic mass is 9.94. The van der Waals surface area contributed by atoms with Gasteiger partial charge in [0, 0.05) is 30.9 Å². The fraction of sp³-hybridized carbons (Fsp3) is 0.750. The lowest BCUT2D eigenvalue weighted by molar-refractivity contribution is 0.152. The first kappa shape index (κ1) is 12.0. The number of likely N-dealkylation sites (tertiary alicyclic amines) is 1. The van der Waals surface area contributed by atoms with E-state index in [9.17, 15) is 0 Å². The SMILES string of the molecule is CNC1CCN(CCc2cscn2)CC1C. The summed E-state index contributed by atoms with van der Waals surface area (Å²) in [6.45, 7) is 5.94. The first-order valence-electron chi connectivity index (χ1n) is 6.06. The van der Waals surface area contributed by atoms with Crippen LogP contribution < -0.4 is 5.32 Å². The molecule has 1 saturated heterocycles. The first-order valence-corrected chi connectivity index (χ1v) is 7.00. The summed E-state index contributed by atoms with van der Waals surface area (Å²) in [6.07, 6.45) is 2.37. The molecule has 4 heteroatoms. The Morgan fingerprint density at radius 1 is 1.62 bits per heavy atom. The maximum Gasteiger partial charge on any atom is 0.0794 e. The summed E-state index contributed by atoms with van der Waals surface area (Å²) < 4.78 is 0. The second-order valence-electron chi connectivity index (χ2n) is 4.69. The molecule has 0 radical (unpaired) electrons. The smallest absolute Gasteiger partial charge is 0.0794 e. The van der Waals surface area contributed by atoms with Crippen LogP contribution in [0.15, 0.2) is 10.9 Å². The summed E-state index contributed by atoms with van der Waals surface area (Å²) in [5, 5.41) is 5.56. The van der Waals surface area contributed by atoms with E-state index in [-0.39, 0.29) is 0 Å². The Hall–Kier alpha value is -0.450. The van der Waals surface area contributed by atoms with Crippen molar-refractivity contribution in [3.05, 3.63) is 16.6 Å². The zero-order valence-electron chi connectivity index (χ0n) is 10.1. The predicted molar refractivity (Wildman–Crippen MR) is 68.9 cm³/mol. The highest BCUT2D eigenvalue weighted by Gasteiger charge is 2.24. The van der Waals surface area contributed by atoms with Gasteiger partial charge < -0.3 is 10.2 Å². The Morgan fingerprint density at radius 2 is 2.50 bits per heavy atom. The van der Waals surface area contributed by atoms with Gasteiger partial charge in [0.15, 0.2) is 0 Å². The molecule has 1 aromatic rings. The van der Waals surface area contributed by atoms with Crippen LogP contribution >= 0.6 is 11.3 Å². The fourth-order valence-electron chi connectivity index (χ4n) is 2.50. The molecule has 0 aromatic carbocycles. The minimum atomic E-state index is 0.704. The van der Waals surface area contributed by atoms with Crippen LogP contribution in [0.5, 0.6) is 0 Å². The van der Waals surface area contributed by atoms with Gasteiger partial charge in [-0.05, 0) is 25.9 Å². The average Bonchev–Trinajstić information content (AvgIpc) is 2.79. The van der Waals surface area contributed by atoms with Gasteiger partial charge in [0.25, 0.3) is 0 Å². The molecule has 1 aliphatic heterocycles. The Morgan fingerprint density at radius 3 is 3.12 bits per heavy atom. The maximum atomic E-state index is 4.33. The van der Waals surface area contributed by atoms with Gasteiger partial charge >= 0.3 is 0 Å². The molecule has 2 rings (SSSR count). The minimum absolute atomic E-state index is 0.704. The largest absolute Gasteiger partial charge is 0.317 e. The Bertz CT molecular complexity index is 299. The molecule has 16 heavy (non-hydrogen) atoms. The van der Waals surface area contributed by atoms with Gasteiger partial charge in [0.1, 0.15) is 0 Å². The van der Waals surface area contributed by atoms with Crippen molar-refractivity contribution in [1.29, 1.82) is 0 Å². The highest BCUT2D eigenvalue weighted by Crippen LogP contribution is 2.16. The van der Waals surface area contributed by atoms with Crippen molar-refractivity contribution < 1.29 is 0 Å². The van der Waals surface area contributed by atoms with Gasteiger partial charge in [0.2, 0.25) is 0 Å². The van der Waals surface area contributed by atoms with Crippen LogP contribution in [0.2, 0.25) is 0 Å². The summed E-state index contributed by atoms with van der Waals surface area (Å²) in [5.41, 5.74) is 3.17. The van der Waals surface area contributed by atoms with E-state index in [1.165, 1.54) is 25.2 Å². The number of nitrogens with zero attached hydrogens (tertiary/aromatic N) is 2. The summed E-state index contributed by atoms with van der Waals surface area (Å²) in [6, 6.07) is 0.704. The minimum Gasteiger partial charge on any atom is -0.317 e. The zero-order valence-corrected chi connectivity index (χ0v) is 11.0. The molecule has 1 fully saturated rings. The summed E-state index contributed by atoms with van der Waals surface area (Å²) in [4.78, 5) is 6.90. The van der Waals surface area contributed by atoms with Crippen LogP contribution in [0.3, 0.4) is 0 Å². The monoisotopic (exact) mass is 239 g/mol. The van der Waals surface area contributed by atoms with E-state index in [0.29, 0.717) is 6.04 Å². The first-order chi connectivity index (χ1) is 7.79. The van der Waals surface area contributed by atoms with Gasteiger partial charge in [-0.15, -0.1) is 11.3 Å². The zero-order chi connectivity index (χ0) is 11.4. The van der Waals surface area contributed by atoms with Crippen LogP contribution in [0.25, 0.3) is 0 Å². The van der Waals surface area contributed by atoms with Gasteiger partial charge in [-0.25, -0.2) is 4.98 Å². The summed E-state index contributed by atoms with van der Waals surface area (Å²) >= 11 is 1.69. The molecule has 0 aliphatic carbocycles. The van der Waals surface area contributed by atoms with E-state index >= 15 is 0 Å². The Labute approximate surface area is 102 Å². The van der Waals surface area contributed by atoms with Crippen LogP contribution in [-0.4, -0.2) is 42.6 Å². The molecule has 1 aliphatic rings. The molecule has 2 unspecified atom stereocenters. The number of hydrogen-bond donors (Lipinski definition) is 1. The lowest BCUT2D eigenvalue weighted by Crippen LogP contribution is -2.47. The predicted octanol–water partition coefficient (Wildman–Crippen LogP) is 1.62. The number of piperidine rings is 1. The number of nitrogens with one attached hydrogen (secondary N) is 1. The molecule has 2 atom stereocenters. The maximum absolute atomic E-state index is 4.33.